The molecule has 110 valence electrons. The summed E-state index contributed by atoms with van der Waals surface area (Å²) in [4.78, 5) is 12.4. The van der Waals surface area contributed by atoms with Crippen LogP contribution < -0.4 is 10.6 Å². The zero-order valence-corrected chi connectivity index (χ0v) is 11.9. The van der Waals surface area contributed by atoms with Crippen LogP contribution in [-0.4, -0.2) is 38.2 Å². The minimum Gasteiger partial charge on any atom is -0.324 e. The third kappa shape index (κ3) is 2.92. The average molecular weight is 286 g/mol. The molecule has 1 fully saturated rings. The lowest BCUT2D eigenvalue weighted by molar-refractivity contribution is -0.122. The molecule has 1 atom stereocenters. The van der Waals surface area contributed by atoms with Crippen LogP contribution in [0.4, 0.5) is 5.69 Å². The van der Waals surface area contributed by atoms with Crippen LogP contribution >= 0.6 is 0 Å². The molecule has 1 aliphatic heterocycles. The molecule has 2 heterocycles. The van der Waals surface area contributed by atoms with Gasteiger partial charge >= 0.3 is 0 Å². The first-order valence-electron chi connectivity index (χ1n) is 7.07. The number of amides is 1. The largest absolute Gasteiger partial charge is 0.324 e. The molecule has 7 heteroatoms. The number of nitrogens with zero attached hydrogens (tertiary/aromatic N) is 4. The van der Waals surface area contributed by atoms with Crippen molar-refractivity contribution in [1.82, 2.24) is 25.5 Å². The predicted octanol–water partition coefficient (Wildman–Crippen LogP) is 1.13. The molecule has 2 aromatic rings. The Kier molecular flexibility index (Phi) is 3.66. The summed E-state index contributed by atoms with van der Waals surface area (Å²) in [6.07, 6.45) is 4.60. The second-order valence-electron chi connectivity index (χ2n) is 5.47. The van der Waals surface area contributed by atoms with Gasteiger partial charge in [0.2, 0.25) is 5.91 Å². The van der Waals surface area contributed by atoms with Gasteiger partial charge in [-0.2, -0.15) is 0 Å². The van der Waals surface area contributed by atoms with E-state index in [9.17, 15) is 4.79 Å². The lowest BCUT2D eigenvalue weighted by Gasteiger charge is -2.33. The number of tetrazole rings is 1. The number of benzene rings is 1. The summed E-state index contributed by atoms with van der Waals surface area (Å²) in [7, 11) is 0. The first kappa shape index (κ1) is 13.7. The van der Waals surface area contributed by atoms with Gasteiger partial charge in [-0.05, 0) is 67.4 Å². The molecular weight excluding hydrogens is 268 g/mol. The van der Waals surface area contributed by atoms with Crippen molar-refractivity contribution in [1.29, 1.82) is 0 Å². The van der Waals surface area contributed by atoms with E-state index in [0.717, 1.165) is 37.2 Å². The van der Waals surface area contributed by atoms with Gasteiger partial charge in [-0.1, -0.05) is 0 Å². The Morgan fingerprint density at radius 2 is 2.14 bits per heavy atom. The number of piperidine rings is 1. The molecule has 1 aromatic carbocycles. The normalized spacial score (nSPS) is 22.0. The zero-order valence-electron chi connectivity index (χ0n) is 11.9. The van der Waals surface area contributed by atoms with Gasteiger partial charge in [0.05, 0.1) is 11.2 Å². The third-order valence-corrected chi connectivity index (χ3v) is 3.86. The number of anilines is 1. The van der Waals surface area contributed by atoms with Gasteiger partial charge in [-0.25, -0.2) is 4.68 Å². The molecule has 1 aliphatic rings. The highest BCUT2D eigenvalue weighted by Gasteiger charge is 2.34. The first-order chi connectivity index (χ1) is 10.2. The van der Waals surface area contributed by atoms with Crippen molar-refractivity contribution in [3.8, 4) is 5.69 Å². The Hall–Kier alpha value is -2.28. The molecule has 0 aliphatic carbocycles. The van der Waals surface area contributed by atoms with Crippen molar-refractivity contribution in [3.63, 3.8) is 0 Å². The highest BCUT2D eigenvalue weighted by Crippen LogP contribution is 2.21. The quantitative estimate of drug-likeness (QED) is 0.883. The van der Waals surface area contributed by atoms with E-state index in [1.807, 2.05) is 31.2 Å². The SMILES string of the molecule is CC1(C(=O)Nc2ccc(-n3cnnn3)cc2)CCCCN1. The number of carbonyl (C=O) groups excluding carboxylic acids is 1. The van der Waals surface area contributed by atoms with Crippen molar-refractivity contribution in [3.05, 3.63) is 30.6 Å². The van der Waals surface area contributed by atoms with Crippen molar-refractivity contribution in [2.24, 2.45) is 0 Å². The molecule has 2 N–H and O–H groups in total. The monoisotopic (exact) mass is 286 g/mol. The van der Waals surface area contributed by atoms with Crippen LogP contribution in [0.2, 0.25) is 0 Å². The Bertz CT molecular complexity index is 601. The lowest BCUT2D eigenvalue weighted by atomic mass is 9.90. The summed E-state index contributed by atoms with van der Waals surface area (Å²) in [6, 6.07) is 7.42. The van der Waals surface area contributed by atoms with Gasteiger partial charge in [0, 0.05) is 5.69 Å². The van der Waals surface area contributed by atoms with E-state index in [1.165, 1.54) is 6.33 Å². The molecular formula is C14H18N6O. The van der Waals surface area contributed by atoms with E-state index >= 15 is 0 Å². The molecule has 1 saturated heterocycles. The van der Waals surface area contributed by atoms with Crippen LogP contribution in [0.5, 0.6) is 0 Å². The molecule has 21 heavy (non-hydrogen) atoms. The molecule has 3 rings (SSSR count). The number of hydrogen-bond acceptors (Lipinski definition) is 5. The van der Waals surface area contributed by atoms with Crippen LogP contribution in [0.15, 0.2) is 30.6 Å². The molecule has 1 aromatic heterocycles. The number of rotatable bonds is 3. The van der Waals surface area contributed by atoms with Crippen LogP contribution in [0, 0.1) is 0 Å². The van der Waals surface area contributed by atoms with E-state index in [2.05, 4.69) is 26.2 Å². The maximum atomic E-state index is 12.4. The Morgan fingerprint density at radius 3 is 2.76 bits per heavy atom. The maximum Gasteiger partial charge on any atom is 0.244 e. The highest BCUT2D eigenvalue weighted by atomic mass is 16.2. The number of nitrogens with one attached hydrogen (secondary N) is 2. The van der Waals surface area contributed by atoms with Crippen molar-refractivity contribution < 1.29 is 4.79 Å². The minimum atomic E-state index is -0.479. The summed E-state index contributed by atoms with van der Waals surface area (Å²) in [5.41, 5.74) is 1.14. The first-order valence-corrected chi connectivity index (χ1v) is 7.07. The Morgan fingerprint density at radius 1 is 1.33 bits per heavy atom. The van der Waals surface area contributed by atoms with E-state index in [-0.39, 0.29) is 5.91 Å². The number of carbonyl (C=O) groups is 1. The average Bonchev–Trinajstić information content (AvgIpc) is 3.03. The van der Waals surface area contributed by atoms with Crippen LogP contribution in [0.1, 0.15) is 26.2 Å². The summed E-state index contributed by atoms with van der Waals surface area (Å²) in [6.45, 7) is 2.85. The van der Waals surface area contributed by atoms with E-state index in [0.29, 0.717) is 0 Å². The van der Waals surface area contributed by atoms with Gasteiger partial charge in [-0.15, -0.1) is 5.10 Å². The van der Waals surface area contributed by atoms with Crippen LogP contribution in [0.3, 0.4) is 0 Å². The molecule has 0 bridgehead atoms. The van der Waals surface area contributed by atoms with E-state index in [1.54, 1.807) is 4.68 Å². The number of hydrogen-bond donors (Lipinski definition) is 2. The van der Waals surface area contributed by atoms with Crippen molar-refractivity contribution in [2.45, 2.75) is 31.7 Å². The third-order valence-electron chi connectivity index (χ3n) is 3.86. The van der Waals surface area contributed by atoms with E-state index < -0.39 is 5.54 Å². The standard InChI is InChI=1S/C14H18N6O/c1-14(8-2-3-9-15-14)13(21)17-11-4-6-12(7-5-11)20-10-16-18-19-20/h4-7,10,15H,2-3,8-9H2,1H3,(H,17,21). The summed E-state index contributed by atoms with van der Waals surface area (Å²) in [5.74, 6) is 0.0115. The summed E-state index contributed by atoms with van der Waals surface area (Å²) < 4.78 is 1.57. The highest BCUT2D eigenvalue weighted by molar-refractivity contribution is 5.97. The second kappa shape index (κ2) is 5.61. The predicted molar refractivity (Wildman–Crippen MR) is 78.0 cm³/mol. The van der Waals surface area contributed by atoms with E-state index in [4.69, 9.17) is 0 Å². The fourth-order valence-electron chi connectivity index (χ4n) is 2.50. The molecule has 1 unspecified atom stereocenters. The fraction of sp³-hybridized carbons (Fsp3) is 0.429. The second-order valence-corrected chi connectivity index (χ2v) is 5.47. The molecule has 7 nitrogen and oxygen atoms in total. The van der Waals surface area contributed by atoms with Crippen LogP contribution in [-0.2, 0) is 4.79 Å². The van der Waals surface area contributed by atoms with Gasteiger partial charge in [0.1, 0.15) is 6.33 Å². The van der Waals surface area contributed by atoms with Gasteiger partial charge < -0.3 is 10.6 Å². The van der Waals surface area contributed by atoms with Crippen LogP contribution in [0.25, 0.3) is 5.69 Å². The molecule has 0 radical (unpaired) electrons. The van der Waals surface area contributed by atoms with Gasteiger partial charge in [0.15, 0.2) is 0 Å². The topological polar surface area (TPSA) is 84.7 Å². The maximum absolute atomic E-state index is 12.4. The Labute approximate surface area is 122 Å². The fourth-order valence-corrected chi connectivity index (χ4v) is 2.50. The molecule has 0 saturated carbocycles. The van der Waals surface area contributed by atoms with Gasteiger partial charge in [-0.3, -0.25) is 4.79 Å². The summed E-state index contributed by atoms with van der Waals surface area (Å²) >= 11 is 0. The number of aromatic nitrogens is 4. The molecule has 0 spiro atoms. The van der Waals surface area contributed by atoms with Crippen molar-refractivity contribution in [2.75, 3.05) is 11.9 Å². The Balaban J connectivity index is 1.69. The zero-order chi connectivity index (χ0) is 14.7. The lowest BCUT2D eigenvalue weighted by Crippen LogP contribution is -2.54. The smallest absolute Gasteiger partial charge is 0.244 e. The molecule has 1 amide bonds. The van der Waals surface area contributed by atoms with Gasteiger partial charge in [0.25, 0.3) is 0 Å². The summed E-state index contributed by atoms with van der Waals surface area (Å²) in [5, 5.41) is 17.3. The minimum absolute atomic E-state index is 0.0115. The van der Waals surface area contributed by atoms with Crippen molar-refractivity contribution >= 4 is 11.6 Å².